The molecule has 0 aliphatic heterocycles. The molecule has 4 atom stereocenters. The minimum Gasteiger partial charge on any atom is -0.393 e. The lowest BCUT2D eigenvalue weighted by Gasteiger charge is -2.29. The van der Waals surface area contributed by atoms with E-state index in [2.05, 4.69) is 22.9 Å². The summed E-state index contributed by atoms with van der Waals surface area (Å²) in [5.74, 6) is -3.46. The van der Waals surface area contributed by atoms with Crippen LogP contribution >= 0.6 is 0 Å². The third kappa shape index (κ3) is 18.6. The largest absolute Gasteiger partial charge is 0.393 e. The number of ether oxygens (including phenoxy) is 2. The van der Waals surface area contributed by atoms with Gasteiger partial charge in [0.25, 0.3) is 0 Å². The van der Waals surface area contributed by atoms with Crippen molar-refractivity contribution in [2.45, 2.75) is 135 Å². The topological polar surface area (TPSA) is 212 Å². The molecule has 0 aromatic carbocycles. The summed E-state index contributed by atoms with van der Waals surface area (Å²) in [5, 5.41) is 18.0. The highest BCUT2D eigenvalue weighted by Crippen LogP contribution is 2.13. The number of aliphatic hydroxyl groups excluding tert-OH is 1. The van der Waals surface area contributed by atoms with Gasteiger partial charge in [0.05, 0.1) is 25.0 Å². The number of rotatable bonds is 25. The van der Waals surface area contributed by atoms with Crippen LogP contribution in [0.25, 0.3) is 0 Å². The summed E-state index contributed by atoms with van der Waals surface area (Å²) < 4.78 is 10.6. The van der Waals surface area contributed by atoms with Gasteiger partial charge in [0.15, 0.2) is 6.29 Å². The van der Waals surface area contributed by atoms with Gasteiger partial charge in [0.2, 0.25) is 29.5 Å². The Labute approximate surface area is 250 Å². The molecular weight excluding hydrogens is 546 g/mol. The summed E-state index contributed by atoms with van der Waals surface area (Å²) in [5.41, 5.74) is 10.6. The molecule has 13 nitrogen and oxygen atoms in total. The number of amides is 5. The van der Waals surface area contributed by atoms with Crippen LogP contribution in [-0.4, -0.2) is 79.4 Å². The fourth-order valence-corrected chi connectivity index (χ4v) is 4.60. The first kappa shape index (κ1) is 39.2. The van der Waals surface area contributed by atoms with Crippen LogP contribution in [0.3, 0.4) is 0 Å². The van der Waals surface area contributed by atoms with E-state index < -0.39 is 66.5 Å². The van der Waals surface area contributed by atoms with E-state index in [1.54, 1.807) is 0 Å². The number of nitrogens with one attached hydrogen (secondary N) is 3. The molecule has 2 unspecified atom stereocenters. The van der Waals surface area contributed by atoms with E-state index in [9.17, 15) is 29.1 Å². The molecular formula is C29H55N5O8. The highest BCUT2D eigenvalue weighted by Gasteiger charge is 2.31. The van der Waals surface area contributed by atoms with Crippen LogP contribution in [0.5, 0.6) is 0 Å². The zero-order valence-electron chi connectivity index (χ0n) is 26.1. The highest BCUT2D eigenvalue weighted by molar-refractivity contribution is 5.95. The molecule has 0 saturated heterocycles. The Morgan fingerprint density at radius 1 is 0.738 bits per heavy atom. The first-order valence-electron chi connectivity index (χ1n) is 15.0. The molecule has 0 bridgehead atoms. The lowest BCUT2D eigenvalue weighted by atomic mass is 10.0. The van der Waals surface area contributed by atoms with Gasteiger partial charge in [-0.25, -0.2) is 0 Å². The van der Waals surface area contributed by atoms with Gasteiger partial charge in [-0.3, -0.25) is 24.0 Å². The molecule has 244 valence electrons. The second-order valence-corrected chi connectivity index (χ2v) is 11.2. The van der Waals surface area contributed by atoms with E-state index in [1.165, 1.54) is 33.5 Å². The molecule has 0 spiro atoms. The number of methoxy groups -OCH3 is 2. The van der Waals surface area contributed by atoms with Crippen LogP contribution in [0.4, 0.5) is 0 Å². The molecule has 5 amide bonds. The van der Waals surface area contributed by atoms with E-state index in [1.807, 2.05) is 13.8 Å². The van der Waals surface area contributed by atoms with E-state index in [-0.39, 0.29) is 25.2 Å². The Kier molecular flexibility index (Phi) is 21.3. The van der Waals surface area contributed by atoms with E-state index in [0.717, 1.165) is 25.7 Å². The summed E-state index contributed by atoms with van der Waals surface area (Å²) in [6, 6.07) is -3.18. The summed E-state index contributed by atoms with van der Waals surface area (Å²) in [6.07, 6.45) is 5.66. The number of nitrogens with two attached hydrogens (primary N) is 2. The summed E-state index contributed by atoms with van der Waals surface area (Å²) in [7, 11) is 2.87. The molecule has 0 aromatic heterocycles. The van der Waals surface area contributed by atoms with Crippen molar-refractivity contribution in [3.63, 3.8) is 0 Å². The van der Waals surface area contributed by atoms with Crippen molar-refractivity contribution in [3.8, 4) is 0 Å². The van der Waals surface area contributed by atoms with Crippen molar-refractivity contribution in [3.05, 3.63) is 0 Å². The minimum atomic E-state index is -1.39. The SMILES string of the molecule is CCCCCCCCCC(O)CC(=O)N[C@@H](CC(N)=O)C(=O)N[C@@H](CCC(N)=O)C(=O)NC(CC(C)C)C(OC)OC. The summed E-state index contributed by atoms with van der Waals surface area (Å²) >= 11 is 0. The number of unbranched alkanes of at least 4 members (excludes halogenated alkanes) is 6. The first-order chi connectivity index (χ1) is 19.8. The molecule has 42 heavy (non-hydrogen) atoms. The average molecular weight is 602 g/mol. The fraction of sp³-hybridized carbons (Fsp3) is 0.828. The second kappa shape index (κ2) is 22.8. The number of aliphatic hydroxyl groups is 1. The van der Waals surface area contributed by atoms with Crippen LogP contribution < -0.4 is 27.4 Å². The predicted molar refractivity (Wildman–Crippen MR) is 159 cm³/mol. The summed E-state index contributed by atoms with van der Waals surface area (Å²) in [6.45, 7) is 6.07. The molecule has 0 fully saturated rings. The Balaban J connectivity index is 5.35. The maximum absolute atomic E-state index is 13.2. The molecule has 0 heterocycles. The monoisotopic (exact) mass is 601 g/mol. The number of primary amides is 2. The van der Waals surface area contributed by atoms with Crippen molar-refractivity contribution in [1.29, 1.82) is 0 Å². The van der Waals surface area contributed by atoms with Crippen molar-refractivity contribution >= 4 is 29.5 Å². The molecule has 13 heteroatoms. The quantitative estimate of drug-likeness (QED) is 0.0658. The molecule has 0 aromatic rings. The maximum Gasteiger partial charge on any atom is 0.243 e. The number of hydrogen-bond acceptors (Lipinski definition) is 8. The smallest absolute Gasteiger partial charge is 0.243 e. The predicted octanol–water partition coefficient (Wildman–Crippen LogP) is 1.14. The van der Waals surface area contributed by atoms with Crippen LogP contribution in [-0.2, 0) is 33.4 Å². The average Bonchev–Trinajstić information content (AvgIpc) is 2.89. The van der Waals surface area contributed by atoms with Crippen molar-refractivity contribution < 1.29 is 38.6 Å². The minimum absolute atomic E-state index is 0.125. The lowest BCUT2D eigenvalue weighted by Crippen LogP contribution is -2.57. The van der Waals surface area contributed by atoms with Crippen LogP contribution in [0.15, 0.2) is 0 Å². The molecule has 0 radical (unpaired) electrons. The van der Waals surface area contributed by atoms with Crippen molar-refractivity contribution in [2.75, 3.05) is 14.2 Å². The molecule has 0 aliphatic carbocycles. The fourth-order valence-electron chi connectivity index (χ4n) is 4.60. The molecule has 0 rings (SSSR count). The van der Waals surface area contributed by atoms with Gasteiger partial charge in [0, 0.05) is 20.6 Å². The lowest BCUT2D eigenvalue weighted by molar-refractivity contribution is -0.142. The van der Waals surface area contributed by atoms with Gasteiger partial charge >= 0.3 is 0 Å². The molecule has 8 N–H and O–H groups in total. The Bertz CT molecular complexity index is 822. The normalized spacial score (nSPS) is 14.2. The van der Waals surface area contributed by atoms with Crippen LogP contribution in [0.2, 0.25) is 0 Å². The van der Waals surface area contributed by atoms with E-state index in [0.29, 0.717) is 12.8 Å². The first-order valence-corrected chi connectivity index (χ1v) is 15.0. The third-order valence-electron chi connectivity index (χ3n) is 6.78. The molecule has 0 aliphatic rings. The Morgan fingerprint density at radius 2 is 1.31 bits per heavy atom. The zero-order chi connectivity index (χ0) is 32.1. The molecule has 0 saturated carbocycles. The van der Waals surface area contributed by atoms with Crippen molar-refractivity contribution in [1.82, 2.24) is 16.0 Å². The second-order valence-electron chi connectivity index (χ2n) is 11.2. The van der Waals surface area contributed by atoms with Gasteiger partial charge in [-0.1, -0.05) is 65.7 Å². The Morgan fingerprint density at radius 3 is 1.83 bits per heavy atom. The number of carbonyl (C=O) groups is 5. The van der Waals surface area contributed by atoms with E-state index in [4.69, 9.17) is 20.9 Å². The van der Waals surface area contributed by atoms with Crippen LogP contribution in [0.1, 0.15) is 104 Å². The highest BCUT2D eigenvalue weighted by atomic mass is 16.7. The van der Waals surface area contributed by atoms with Gasteiger partial charge in [-0.2, -0.15) is 0 Å². The van der Waals surface area contributed by atoms with Crippen LogP contribution in [0, 0.1) is 5.92 Å². The van der Waals surface area contributed by atoms with Gasteiger partial charge in [0.1, 0.15) is 12.1 Å². The summed E-state index contributed by atoms with van der Waals surface area (Å²) in [4.78, 5) is 62.1. The third-order valence-corrected chi connectivity index (χ3v) is 6.78. The van der Waals surface area contributed by atoms with Gasteiger partial charge < -0.3 is 42.0 Å². The number of carbonyl (C=O) groups excluding carboxylic acids is 5. The van der Waals surface area contributed by atoms with Crippen molar-refractivity contribution in [2.24, 2.45) is 17.4 Å². The Hall–Kier alpha value is -2.77. The maximum atomic E-state index is 13.2. The standard InChI is InChI=1S/C29H55N5O8/c1-6-7-8-9-10-11-12-13-20(35)17-26(38)32-22(18-25(31)37)28(40)33-21(14-15-24(30)36)27(39)34-23(16-19(2)3)29(41-4)42-5/h19-23,29,35H,6-18H2,1-5H3,(H2,30,36)(H2,31,37)(H,32,38)(H,33,40)(H,34,39)/t20?,21-,22-,23?/m0/s1. The number of hydrogen-bond donors (Lipinski definition) is 6. The van der Waals surface area contributed by atoms with Gasteiger partial charge in [-0.15, -0.1) is 0 Å². The van der Waals surface area contributed by atoms with Gasteiger partial charge in [-0.05, 0) is 25.2 Å². The zero-order valence-corrected chi connectivity index (χ0v) is 26.1. The van der Waals surface area contributed by atoms with E-state index >= 15 is 0 Å².